The molecular formula is C26H48O5. The highest BCUT2D eigenvalue weighted by Gasteiger charge is 2.18. The summed E-state index contributed by atoms with van der Waals surface area (Å²) in [6.45, 7) is 6.63. The van der Waals surface area contributed by atoms with Crippen molar-refractivity contribution >= 4 is 17.7 Å². The van der Waals surface area contributed by atoms with Crippen molar-refractivity contribution in [2.45, 2.75) is 130 Å². The predicted octanol–water partition coefficient (Wildman–Crippen LogP) is 6.95. The highest BCUT2D eigenvalue weighted by atomic mass is 16.5. The van der Waals surface area contributed by atoms with Crippen molar-refractivity contribution < 1.29 is 23.9 Å². The summed E-state index contributed by atoms with van der Waals surface area (Å²) in [5, 5.41) is 0. The summed E-state index contributed by atoms with van der Waals surface area (Å²) < 4.78 is 10.8. The molecule has 0 aliphatic rings. The zero-order valence-corrected chi connectivity index (χ0v) is 20.6. The minimum Gasteiger partial charge on any atom is -0.465 e. The van der Waals surface area contributed by atoms with Gasteiger partial charge in [0.25, 0.3) is 0 Å². The fourth-order valence-corrected chi connectivity index (χ4v) is 3.53. The normalized spacial score (nSPS) is 11.0. The van der Waals surface area contributed by atoms with Crippen LogP contribution in [0.15, 0.2) is 0 Å². The summed E-state index contributed by atoms with van der Waals surface area (Å²) in [6, 6.07) is 0. The Labute approximate surface area is 191 Å². The van der Waals surface area contributed by atoms with Crippen LogP contribution in [0.4, 0.5) is 0 Å². The Morgan fingerprint density at radius 1 is 0.548 bits per heavy atom. The molecule has 5 heteroatoms. The first-order valence-electron chi connectivity index (χ1n) is 12.9. The Balaban J connectivity index is 4.17. The zero-order chi connectivity index (χ0) is 23.2. The Morgan fingerprint density at radius 2 is 0.968 bits per heavy atom. The van der Waals surface area contributed by atoms with Crippen molar-refractivity contribution in [1.82, 2.24) is 0 Å². The summed E-state index contributed by atoms with van der Waals surface area (Å²) in [4.78, 5) is 36.1. The number of hydrogen-bond donors (Lipinski definition) is 0. The van der Waals surface area contributed by atoms with E-state index >= 15 is 0 Å². The van der Waals surface area contributed by atoms with Crippen LogP contribution in [0, 0.1) is 5.92 Å². The van der Waals surface area contributed by atoms with Gasteiger partial charge in [0.15, 0.2) is 0 Å². The van der Waals surface area contributed by atoms with E-state index in [1.54, 1.807) is 0 Å². The standard InChI is InChI=1S/C26H48O5/c1-4-7-9-11-13-15-18-25(28)30-21-23(20-24(27)17-6-3)22-31-26(29)19-16-14-12-10-8-5-2/h23H,4-22H2,1-3H3. The first kappa shape index (κ1) is 29.6. The molecular weight excluding hydrogens is 392 g/mol. The van der Waals surface area contributed by atoms with Crippen molar-refractivity contribution in [3.8, 4) is 0 Å². The fourth-order valence-electron chi connectivity index (χ4n) is 3.53. The Bertz CT molecular complexity index is 429. The third-order valence-corrected chi connectivity index (χ3v) is 5.47. The van der Waals surface area contributed by atoms with Gasteiger partial charge in [-0.1, -0.05) is 85.0 Å². The Hall–Kier alpha value is -1.39. The van der Waals surface area contributed by atoms with Crippen LogP contribution in [0.3, 0.4) is 0 Å². The van der Waals surface area contributed by atoms with Crippen LogP contribution in [0.1, 0.15) is 130 Å². The maximum atomic E-state index is 12.1. The number of ketones is 1. The molecule has 0 heterocycles. The van der Waals surface area contributed by atoms with E-state index in [9.17, 15) is 14.4 Å². The zero-order valence-electron chi connectivity index (χ0n) is 20.6. The average molecular weight is 441 g/mol. The van der Waals surface area contributed by atoms with Gasteiger partial charge in [0.1, 0.15) is 5.78 Å². The van der Waals surface area contributed by atoms with Gasteiger partial charge in [-0.15, -0.1) is 0 Å². The molecule has 0 aromatic carbocycles. The van der Waals surface area contributed by atoms with E-state index in [-0.39, 0.29) is 36.9 Å². The molecule has 0 aliphatic carbocycles. The van der Waals surface area contributed by atoms with Crippen molar-refractivity contribution in [1.29, 1.82) is 0 Å². The lowest BCUT2D eigenvalue weighted by atomic mass is 10.0. The number of Topliss-reactive ketones (excluding diaryl/α,β-unsaturated/α-hetero) is 1. The molecule has 0 radical (unpaired) electrons. The first-order chi connectivity index (χ1) is 15.0. The van der Waals surface area contributed by atoms with E-state index < -0.39 is 0 Å². The second-order valence-electron chi connectivity index (χ2n) is 8.76. The maximum absolute atomic E-state index is 12.1. The fraction of sp³-hybridized carbons (Fsp3) is 0.885. The molecule has 31 heavy (non-hydrogen) atoms. The molecule has 0 saturated heterocycles. The monoisotopic (exact) mass is 440 g/mol. The van der Waals surface area contributed by atoms with Gasteiger partial charge >= 0.3 is 11.9 Å². The van der Waals surface area contributed by atoms with Crippen LogP contribution in [0.5, 0.6) is 0 Å². The van der Waals surface area contributed by atoms with Crippen LogP contribution < -0.4 is 0 Å². The number of esters is 2. The van der Waals surface area contributed by atoms with E-state index in [0.717, 1.165) is 44.9 Å². The molecule has 0 rings (SSSR count). The molecule has 5 nitrogen and oxygen atoms in total. The lowest BCUT2D eigenvalue weighted by molar-refractivity contribution is -0.150. The second kappa shape index (κ2) is 21.8. The Morgan fingerprint density at radius 3 is 1.39 bits per heavy atom. The van der Waals surface area contributed by atoms with Gasteiger partial charge in [0.05, 0.1) is 13.2 Å². The average Bonchev–Trinajstić information content (AvgIpc) is 2.75. The highest BCUT2D eigenvalue weighted by Crippen LogP contribution is 2.13. The molecule has 0 aromatic rings. The minimum absolute atomic E-state index is 0.131. The molecule has 0 spiro atoms. The number of ether oxygens (including phenoxy) is 2. The van der Waals surface area contributed by atoms with Crippen LogP contribution in [0.2, 0.25) is 0 Å². The van der Waals surface area contributed by atoms with E-state index in [1.807, 2.05) is 6.92 Å². The quantitative estimate of drug-likeness (QED) is 0.135. The number of carbonyl (C=O) groups excluding carboxylic acids is 3. The number of hydrogen-bond acceptors (Lipinski definition) is 5. The molecule has 0 aromatic heterocycles. The topological polar surface area (TPSA) is 69.7 Å². The largest absolute Gasteiger partial charge is 0.465 e. The van der Waals surface area contributed by atoms with E-state index in [0.29, 0.717) is 25.7 Å². The van der Waals surface area contributed by atoms with Gasteiger partial charge in [0, 0.05) is 31.6 Å². The van der Waals surface area contributed by atoms with Gasteiger partial charge in [-0.05, 0) is 19.3 Å². The number of carbonyl (C=O) groups is 3. The van der Waals surface area contributed by atoms with Gasteiger partial charge in [-0.3, -0.25) is 14.4 Å². The summed E-state index contributed by atoms with van der Waals surface area (Å²) in [6.07, 6.45) is 15.9. The SMILES string of the molecule is CCCCCCCCC(=O)OCC(COC(=O)CCCCCCCC)CC(=O)CCC. The van der Waals surface area contributed by atoms with Crippen LogP contribution in [-0.4, -0.2) is 30.9 Å². The molecule has 0 saturated carbocycles. The molecule has 0 atom stereocenters. The van der Waals surface area contributed by atoms with Crippen LogP contribution in [0.25, 0.3) is 0 Å². The summed E-state index contributed by atoms with van der Waals surface area (Å²) in [7, 11) is 0. The molecule has 0 unspecified atom stereocenters. The molecule has 0 fully saturated rings. The van der Waals surface area contributed by atoms with Gasteiger partial charge < -0.3 is 9.47 Å². The Kier molecular flexibility index (Phi) is 20.8. The van der Waals surface area contributed by atoms with Crippen molar-refractivity contribution in [2.24, 2.45) is 5.92 Å². The van der Waals surface area contributed by atoms with Gasteiger partial charge in [0.2, 0.25) is 0 Å². The van der Waals surface area contributed by atoms with Crippen molar-refractivity contribution in [3.05, 3.63) is 0 Å². The molecule has 182 valence electrons. The van der Waals surface area contributed by atoms with Crippen LogP contribution >= 0.6 is 0 Å². The van der Waals surface area contributed by atoms with E-state index in [1.165, 1.54) is 38.5 Å². The number of rotatable bonds is 22. The smallest absolute Gasteiger partial charge is 0.305 e. The molecule has 0 bridgehead atoms. The highest BCUT2D eigenvalue weighted by molar-refractivity contribution is 5.78. The molecule has 0 N–H and O–H groups in total. The summed E-state index contributed by atoms with van der Waals surface area (Å²) in [5.41, 5.74) is 0. The summed E-state index contributed by atoms with van der Waals surface area (Å²) in [5.74, 6) is -0.559. The predicted molar refractivity (Wildman–Crippen MR) is 126 cm³/mol. The minimum atomic E-state index is -0.249. The molecule has 0 aliphatic heterocycles. The maximum Gasteiger partial charge on any atom is 0.305 e. The van der Waals surface area contributed by atoms with Gasteiger partial charge in [-0.2, -0.15) is 0 Å². The van der Waals surface area contributed by atoms with Crippen molar-refractivity contribution in [3.63, 3.8) is 0 Å². The molecule has 0 amide bonds. The lowest BCUT2D eigenvalue weighted by Crippen LogP contribution is -2.23. The van der Waals surface area contributed by atoms with Crippen LogP contribution in [-0.2, 0) is 23.9 Å². The van der Waals surface area contributed by atoms with E-state index in [4.69, 9.17) is 9.47 Å². The van der Waals surface area contributed by atoms with E-state index in [2.05, 4.69) is 13.8 Å². The number of unbranched alkanes of at least 4 members (excludes halogenated alkanes) is 10. The first-order valence-corrected chi connectivity index (χ1v) is 12.9. The third-order valence-electron chi connectivity index (χ3n) is 5.47. The lowest BCUT2D eigenvalue weighted by Gasteiger charge is -2.17. The third kappa shape index (κ3) is 20.3. The summed E-state index contributed by atoms with van der Waals surface area (Å²) >= 11 is 0. The van der Waals surface area contributed by atoms with Crippen molar-refractivity contribution in [2.75, 3.05) is 13.2 Å². The van der Waals surface area contributed by atoms with Gasteiger partial charge in [-0.25, -0.2) is 0 Å². The second-order valence-corrected chi connectivity index (χ2v) is 8.76.